The number of hydrogen-bond donors (Lipinski definition) is 2. The Morgan fingerprint density at radius 2 is 1.85 bits per heavy atom. The monoisotopic (exact) mass is 374 g/mol. The minimum atomic E-state index is -0.585. The zero-order valence-corrected chi connectivity index (χ0v) is 15.1. The van der Waals surface area contributed by atoms with Crippen LogP contribution in [0.2, 0.25) is 5.02 Å². The third-order valence-electron chi connectivity index (χ3n) is 3.97. The average molecular weight is 375 g/mol. The number of nitrogens with two attached hydrogens (primary N) is 1. The van der Waals surface area contributed by atoms with Crippen LogP contribution in [0.15, 0.2) is 54.6 Å². The van der Waals surface area contributed by atoms with E-state index in [0.29, 0.717) is 17.0 Å². The molecule has 0 aliphatic carbocycles. The molecule has 0 saturated carbocycles. The van der Waals surface area contributed by atoms with Crippen LogP contribution in [-0.4, -0.2) is 18.4 Å². The van der Waals surface area contributed by atoms with Crippen molar-refractivity contribution >= 4 is 29.0 Å². The van der Waals surface area contributed by atoms with Gasteiger partial charge in [-0.15, -0.1) is 0 Å². The second-order valence-electron chi connectivity index (χ2n) is 5.98. The van der Waals surface area contributed by atoms with Gasteiger partial charge in [-0.3, -0.25) is 9.59 Å². The van der Waals surface area contributed by atoms with Crippen molar-refractivity contribution in [1.82, 2.24) is 5.32 Å². The van der Waals surface area contributed by atoms with Gasteiger partial charge in [-0.1, -0.05) is 41.9 Å². The van der Waals surface area contributed by atoms with Crippen LogP contribution >= 0.6 is 11.6 Å². The molecule has 0 aliphatic heterocycles. The first-order valence-electron chi connectivity index (χ1n) is 8.11. The molecule has 0 spiro atoms. The van der Waals surface area contributed by atoms with Crippen LogP contribution in [0.1, 0.15) is 18.1 Å². The molecule has 2 amide bonds. The molecule has 4 nitrogen and oxygen atoms in total. The molecule has 2 rings (SSSR count). The highest BCUT2D eigenvalue weighted by Gasteiger charge is 2.17. The summed E-state index contributed by atoms with van der Waals surface area (Å²) in [6, 6.07) is 13.0. The van der Waals surface area contributed by atoms with E-state index in [-0.39, 0.29) is 18.3 Å². The summed E-state index contributed by atoms with van der Waals surface area (Å²) in [4.78, 5) is 23.8. The summed E-state index contributed by atoms with van der Waals surface area (Å²) in [5.41, 5.74) is 7.66. The fourth-order valence-corrected chi connectivity index (χ4v) is 2.79. The van der Waals surface area contributed by atoms with Gasteiger partial charge in [0.1, 0.15) is 5.82 Å². The molecular weight excluding hydrogens is 355 g/mol. The van der Waals surface area contributed by atoms with Gasteiger partial charge < -0.3 is 11.1 Å². The Hall–Kier alpha value is -2.66. The first kappa shape index (κ1) is 19.7. The van der Waals surface area contributed by atoms with Crippen LogP contribution < -0.4 is 11.1 Å². The van der Waals surface area contributed by atoms with E-state index in [1.165, 1.54) is 18.2 Å². The van der Waals surface area contributed by atoms with E-state index in [1.54, 1.807) is 25.1 Å². The highest BCUT2D eigenvalue weighted by molar-refractivity contribution is 6.32. The minimum Gasteiger partial charge on any atom is -0.369 e. The molecule has 0 aliphatic rings. The molecule has 6 heteroatoms. The van der Waals surface area contributed by atoms with Gasteiger partial charge in [0.25, 0.3) is 0 Å². The van der Waals surface area contributed by atoms with E-state index in [2.05, 4.69) is 5.32 Å². The maximum Gasteiger partial charge on any atom is 0.244 e. The van der Waals surface area contributed by atoms with Crippen molar-refractivity contribution in [3.8, 4) is 0 Å². The molecule has 0 fully saturated rings. The van der Waals surface area contributed by atoms with Gasteiger partial charge in [-0.2, -0.15) is 0 Å². The van der Waals surface area contributed by atoms with Crippen LogP contribution in [0, 0.1) is 11.7 Å². The molecule has 0 aromatic heterocycles. The lowest BCUT2D eigenvalue weighted by atomic mass is 9.98. The van der Waals surface area contributed by atoms with Gasteiger partial charge in [0.05, 0.1) is 5.92 Å². The lowest BCUT2D eigenvalue weighted by Gasteiger charge is -2.14. The molecule has 0 heterocycles. The number of benzene rings is 2. The lowest BCUT2D eigenvalue weighted by Crippen LogP contribution is -2.36. The molecule has 0 bridgehead atoms. The summed E-state index contributed by atoms with van der Waals surface area (Å²) < 4.78 is 13.0. The standard InChI is InChI=1S/C20H20ClFN2O2/c1-13(17-4-2-3-5-18(17)21)10-19(25)24-12-15(20(23)26)11-14-6-8-16(22)9-7-14/h2-10,15H,11-12H2,1H3,(H2,23,26)(H,24,25)/b13-10-. The summed E-state index contributed by atoms with van der Waals surface area (Å²) in [6.45, 7) is 1.88. The van der Waals surface area contributed by atoms with Crippen LogP contribution in [-0.2, 0) is 16.0 Å². The summed E-state index contributed by atoms with van der Waals surface area (Å²) in [5, 5.41) is 3.24. The number of allylic oxidation sites excluding steroid dienone is 1. The number of carbonyl (C=O) groups excluding carboxylic acids is 2. The summed E-state index contributed by atoms with van der Waals surface area (Å²) >= 11 is 6.11. The first-order chi connectivity index (χ1) is 12.4. The van der Waals surface area contributed by atoms with Gasteiger partial charge in [-0.25, -0.2) is 4.39 Å². The van der Waals surface area contributed by atoms with Gasteiger partial charge >= 0.3 is 0 Å². The Bertz CT molecular complexity index is 819. The van der Waals surface area contributed by atoms with Gasteiger partial charge in [0, 0.05) is 17.6 Å². The van der Waals surface area contributed by atoms with Crippen molar-refractivity contribution in [2.75, 3.05) is 6.54 Å². The van der Waals surface area contributed by atoms with Crippen molar-refractivity contribution < 1.29 is 14.0 Å². The number of halogens is 2. The van der Waals surface area contributed by atoms with E-state index in [0.717, 1.165) is 11.1 Å². The van der Waals surface area contributed by atoms with Crippen LogP contribution in [0.3, 0.4) is 0 Å². The maximum absolute atomic E-state index is 13.0. The molecule has 0 radical (unpaired) electrons. The fourth-order valence-electron chi connectivity index (χ4n) is 2.51. The largest absolute Gasteiger partial charge is 0.369 e. The normalized spacial score (nSPS) is 12.5. The molecule has 0 saturated heterocycles. The van der Waals surface area contributed by atoms with Gasteiger partial charge in [0.15, 0.2) is 0 Å². The fraction of sp³-hybridized carbons (Fsp3) is 0.200. The molecule has 2 aromatic rings. The number of nitrogens with one attached hydrogen (secondary N) is 1. The Morgan fingerprint density at radius 1 is 1.19 bits per heavy atom. The lowest BCUT2D eigenvalue weighted by molar-refractivity contribution is -0.122. The van der Waals surface area contributed by atoms with E-state index in [1.807, 2.05) is 18.2 Å². The second kappa shape index (κ2) is 9.15. The number of carbonyl (C=O) groups is 2. The molecular formula is C20H20ClFN2O2. The zero-order valence-electron chi connectivity index (χ0n) is 14.3. The second-order valence-corrected chi connectivity index (χ2v) is 6.39. The van der Waals surface area contributed by atoms with E-state index in [9.17, 15) is 14.0 Å². The van der Waals surface area contributed by atoms with Crippen molar-refractivity contribution in [1.29, 1.82) is 0 Å². The van der Waals surface area contributed by atoms with Gasteiger partial charge in [0.2, 0.25) is 11.8 Å². The zero-order chi connectivity index (χ0) is 19.1. The van der Waals surface area contributed by atoms with E-state index < -0.39 is 11.8 Å². The topological polar surface area (TPSA) is 72.2 Å². The summed E-state index contributed by atoms with van der Waals surface area (Å²) in [5.74, 6) is -1.80. The predicted molar refractivity (Wildman–Crippen MR) is 101 cm³/mol. The van der Waals surface area contributed by atoms with Crippen molar-refractivity contribution in [3.05, 3.63) is 76.6 Å². The van der Waals surface area contributed by atoms with Crippen molar-refractivity contribution in [3.63, 3.8) is 0 Å². The highest BCUT2D eigenvalue weighted by Crippen LogP contribution is 2.22. The predicted octanol–water partition coefficient (Wildman–Crippen LogP) is 3.34. The SMILES string of the molecule is C/C(=C/C(=O)NCC(Cc1ccc(F)cc1)C(N)=O)c1ccccc1Cl. The van der Waals surface area contributed by atoms with Crippen LogP contribution in [0.25, 0.3) is 5.57 Å². The van der Waals surface area contributed by atoms with E-state index >= 15 is 0 Å². The Labute approximate surface area is 156 Å². The Kier molecular flexibility index (Phi) is 6.92. The summed E-state index contributed by atoms with van der Waals surface area (Å²) in [7, 11) is 0. The molecule has 26 heavy (non-hydrogen) atoms. The smallest absolute Gasteiger partial charge is 0.244 e. The number of hydrogen-bond acceptors (Lipinski definition) is 2. The molecule has 2 aromatic carbocycles. The highest BCUT2D eigenvalue weighted by atomic mass is 35.5. The Morgan fingerprint density at radius 3 is 2.46 bits per heavy atom. The molecule has 1 atom stereocenters. The minimum absolute atomic E-state index is 0.0951. The quantitative estimate of drug-likeness (QED) is 0.729. The average Bonchev–Trinajstić information content (AvgIpc) is 2.60. The molecule has 1 unspecified atom stereocenters. The molecule has 3 N–H and O–H groups in total. The van der Waals surface area contributed by atoms with Crippen molar-refractivity contribution in [2.24, 2.45) is 11.7 Å². The van der Waals surface area contributed by atoms with E-state index in [4.69, 9.17) is 17.3 Å². The van der Waals surface area contributed by atoms with Crippen molar-refractivity contribution in [2.45, 2.75) is 13.3 Å². The first-order valence-corrected chi connectivity index (χ1v) is 8.49. The maximum atomic E-state index is 13.0. The number of amides is 2. The van der Waals surface area contributed by atoms with Gasteiger partial charge in [-0.05, 0) is 48.2 Å². The number of primary amides is 1. The number of rotatable bonds is 7. The van der Waals surface area contributed by atoms with Crippen LogP contribution in [0.4, 0.5) is 4.39 Å². The van der Waals surface area contributed by atoms with Crippen LogP contribution in [0.5, 0.6) is 0 Å². The summed E-state index contributed by atoms with van der Waals surface area (Å²) in [6.07, 6.45) is 1.75. The molecule has 136 valence electrons. The third kappa shape index (κ3) is 5.70. The Balaban J connectivity index is 1.98. The third-order valence-corrected chi connectivity index (χ3v) is 4.30.